The van der Waals surface area contributed by atoms with Crippen molar-refractivity contribution in [2.75, 3.05) is 14.1 Å². The molecule has 3 rings (SSSR count). The van der Waals surface area contributed by atoms with E-state index in [0.717, 1.165) is 29.9 Å². The van der Waals surface area contributed by atoms with Gasteiger partial charge in [-0.25, -0.2) is 0 Å². The predicted octanol–water partition coefficient (Wildman–Crippen LogP) is 3.38. The highest BCUT2D eigenvalue weighted by Crippen LogP contribution is 2.34. The first-order valence-corrected chi connectivity index (χ1v) is 7.28. The summed E-state index contributed by atoms with van der Waals surface area (Å²) in [5, 5.41) is 4.11. The molecule has 2 aromatic rings. The minimum absolute atomic E-state index is 0.618. The van der Waals surface area contributed by atoms with E-state index in [1.807, 2.05) is 6.92 Å². The minimum atomic E-state index is 0.618. The highest BCUT2D eigenvalue weighted by atomic mass is 16.5. The number of aryl methyl sites for hydroxylation is 2. The van der Waals surface area contributed by atoms with Crippen molar-refractivity contribution < 1.29 is 4.52 Å². The second-order valence-corrected chi connectivity index (χ2v) is 6.03. The van der Waals surface area contributed by atoms with Crippen LogP contribution in [0.15, 0.2) is 22.7 Å². The van der Waals surface area contributed by atoms with Crippen LogP contribution in [0.4, 0.5) is 0 Å². The van der Waals surface area contributed by atoms with E-state index in [1.165, 1.54) is 23.1 Å². The number of hydrogen-bond acceptors (Lipinski definition) is 3. The van der Waals surface area contributed by atoms with Gasteiger partial charge >= 0.3 is 0 Å². The molecule has 106 valence electrons. The molecule has 1 aromatic carbocycles. The van der Waals surface area contributed by atoms with Gasteiger partial charge in [0.05, 0.1) is 5.69 Å². The average molecular weight is 270 g/mol. The number of rotatable bonds is 2. The molecule has 0 spiro atoms. The van der Waals surface area contributed by atoms with Gasteiger partial charge in [0.2, 0.25) is 0 Å². The zero-order chi connectivity index (χ0) is 14.3. The predicted molar refractivity (Wildman–Crippen MR) is 80.9 cm³/mol. The van der Waals surface area contributed by atoms with Crippen molar-refractivity contribution in [2.24, 2.45) is 0 Å². The highest BCUT2D eigenvalue weighted by Gasteiger charge is 2.24. The molecule has 0 amide bonds. The molecule has 0 N–H and O–H groups in total. The smallest absolute Gasteiger partial charge is 0.170 e. The molecule has 1 aromatic heterocycles. The van der Waals surface area contributed by atoms with E-state index < -0.39 is 0 Å². The van der Waals surface area contributed by atoms with Gasteiger partial charge in [0.15, 0.2) is 5.76 Å². The molecule has 0 saturated heterocycles. The zero-order valence-electron chi connectivity index (χ0n) is 12.7. The van der Waals surface area contributed by atoms with E-state index in [1.54, 1.807) is 0 Å². The van der Waals surface area contributed by atoms with Crippen LogP contribution in [-0.2, 0) is 12.8 Å². The van der Waals surface area contributed by atoms with Gasteiger partial charge in [-0.3, -0.25) is 0 Å². The van der Waals surface area contributed by atoms with Crippen LogP contribution in [0.2, 0.25) is 0 Å². The molecule has 1 aliphatic rings. The van der Waals surface area contributed by atoms with Gasteiger partial charge in [0.25, 0.3) is 0 Å². The molecule has 3 nitrogen and oxygen atoms in total. The Balaban J connectivity index is 2.08. The molecule has 1 unspecified atom stereocenters. The Labute approximate surface area is 120 Å². The monoisotopic (exact) mass is 270 g/mol. The van der Waals surface area contributed by atoms with Crippen LogP contribution in [0.5, 0.6) is 0 Å². The van der Waals surface area contributed by atoms with Crippen LogP contribution in [-0.4, -0.2) is 30.2 Å². The molecule has 0 fully saturated rings. The molecule has 1 atom stereocenters. The molecule has 0 radical (unpaired) electrons. The van der Waals surface area contributed by atoms with Gasteiger partial charge in [-0.1, -0.05) is 23.4 Å². The van der Waals surface area contributed by atoms with E-state index in [9.17, 15) is 0 Å². The Morgan fingerprint density at radius 1 is 1.25 bits per heavy atom. The molecular weight excluding hydrogens is 248 g/mol. The van der Waals surface area contributed by atoms with Crippen LogP contribution in [0.3, 0.4) is 0 Å². The van der Waals surface area contributed by atoms with Crippen LogP contribution in [0.25, 0.3) is 11.3 Å². The topological polar surface area (TPSA) is 29.3 Å². The van der Waals surface area contributed by atoms with E-state index in [-0.39, 0.29) is 0 Å². The SMILES string of the molecule is Cc1noc(-c2cccc3c2CC(N(C)C)CC3)c1C. The third-order valence-corrected chi connectivity index (χ3v) is 4.59. The van der Waals surface area contributed by atoms with Crippen molar-refractivity contribution in [3.63, 3.8) is 0 Å². The summed E-state index contributed by atoms with van der Waals surface area (Å²) in [5.41, 5.74) is 6.28. The molecule has 1 aliphatic carbocycles. The maximum atomic E-state index is 5.58. The Bertz CT molecular complexity index is 628. The quantitative estimate of drug-likeness (QED) is 0.838. The van der Waals surface area contributed by atoms with Gasteiger partial charge in [0.1, 0.15) is 0 Å². The van der Waals surface area contributed by atoms with Crippen molar-refractivity contribution in [1.29, 1.82) is 0 Å². The molecule has 0 bridgehead atoms. The van der Waals surface area contributed by atoms with Crippen molar-refractivity contribution in [3.05, 3.63) is 40.6 Å². The molecule has 1 heterocycles. The van der Waals surface area contributed by atoms with Crippen molar-refractivity contribution in [3.8, 4) is 11.3 Å². The second-order valence-electron chi connectivity index (χ2n) is 6.03. The van der Waals surface area contributed by atoms with Crippen LogP contribution < -0.4 is 0 Å². The van der Waals surface area contributed by atoms with Crippen LogP contribution in [0, 0.1) is 13.8 Å². The maximum absolute atomic E-state index is 5.58. The standard InChI is InChI=1S/C17H22N2O/c1-11-12(2)18-20-17(11)15-7-5-6-13-8-9-14(19(3)4)10-16(13)15/h5-7,14H,8-10H2,1-4H3. The lowest BCUT2D eigenvalue weighted by atomic mass is 9.84. The molecule has 0 saturated carbocycles. The third-order valence-electron chi connectivity index (χ3n) is 4.59. The number of likely N-dealkylation sites (N-methyl/N-ethyl adjacent to an activating group) is 1. The Hall–Kier alpha value is -1.61. The summed E-state index contributed by atoms with van der Waals surface area (Å²) in [6, 6.07) is 7.18. The highest BCUT2D eigenvalue weighted by molar-refractivity contribution is 5.67. The number of nitrogens with zero attached hydrogens (tertiary/aromatic N) is 2. The molecule has 3 heteroatoms. The lowest BCUT2D eigenvalue weighted by Crippen LogP contribution is -2.33. The van der Waals surface area contributed by atoms with Gasteiger partial charge in [-0.15, -0.1) is 0 Å². The first kappa shape index (κ1) is 13.4. The summed E-state index contributed by atoms with van der Waals surface area (Å²) < 4.78 is 5.58. The van der Waals surface area contributed by atoms with E-state index in [2.05, 4.69) is 49.3 Å². The number of aromatic nitrogens is 1. The Morgan fingerprint density at radius 2 is 2.05 bits per heavy atom. The van der Waals surface area contributed by atoms with E-state index in [4.69, 9.17) is 4.52 Å². The summed E-state index contributed by atoms with van der Waals surface area (Å²) in [6.45, 7) is 4.09. The van der Waals surface area contributed by atoms with Crippen LogP contribution in [0.1, 0.15) is 28.8 Å². The summed E-state index contributed by atoms with van der Waals surface area (Å²) in [5.74, 6) is 0.943. The largest absolute Gasteiger partial charge is 0.356 e. The molecule has 20 heavy (non-hydrogen) atoms. The Kier molecular flexibility index (Phi) is 3.38. The van der Waals surface area contributed by atoms with E-state index in [0.29, 0.717) is 6.04 Å². The van der Waals surface area contributed by atoms with Crippen molar-refractivity contribution >= 4 is 0 Å². The first-order chi connectivity index (χ1) is 9.58. The van der Waals surface area contributed by atoms with Crippen molar-refractivity contribution in [2.45, 2.75) is 39.2 Å². The average Bonchev–Trinajstić information content (AvgIpc) is 2.77. The van der Waals surface area contributed by atoms with E-state index >= 15 is 0 Å². The third kappa shape index (κ3) is 2.16. The summed E-state index contributed by atoms with van der Waals surface area (Å²) in [7, 11) is 4.34. The normalized spacial score (nSPS) is 18.4. The molecular formula is C17H22N2O. The first-order valence-electron chi connectivity index (χ1n) is 7.28. The summed E-state index contributed by atoms with van der Waals surface area (Å²) >= 11 is 0. The minimum Gasteiger partial charge on any atom is -0.356 e. The fourth-order valence-corrected chi connectivity index (χ4v) is 3.09. The van der Waals surface area contributed by atoms with Crippen LogP contribution >= 0.6 is 0 Å². The summed E-state index contributed by atoms with van der Waals surface area (Å²) in [4.78, 5) is 2.33. The van der Waals surface area contributed by atoms with Gasteiger partial charge in [-0.2, -0.15) is 0 Å². The summed E-state index contributed by atoms with van der Waals surface area (Å²) in [6.07, 6.45) is 3.48. The number of fused-ring (bicyclic) bond motifs is 1. The maximum Gasteiger partial charge on any atom is 0.170 e. The van der Waals surface area contributed by atoms with Gasteiger partial charge < -0.3 is 9.42 Å². The Morgan fingerprint density at radius 3 is 2.70 bits per heavy atom. The van der Waals surface area contributed by atoms with Crippen molar-refractivity contribution in [1.82, 2.24) is 10.1 Å². The van der Waals surface area contributed by atoms with Gasteiger partial charge in [-0.05, 0) is 58.3 Å². The zero-order valence-corrected chi connectivity index (χ0v) is 12.7. The number of hydrogen-bond donors (Lipinski definition) is 0. The fourth-order valence-electron chi connectivity index (χ4n) is 3.09. The lowest BCUT2D eigenvalue weighted by molar-refractivity contribution is 0.268. The fraction of sp³-hybridized carbons (Fsp3) is 0.471. The van der Waals surface area contributed by atoms with Gasteiger partial charge in [0, 0.05) is 17.2 Å². The lowest BCUT2D eigenvalue weighted by Gasteiger charge is -2.30. The number of benzene rings is 1. The second kappa shape index (κ2) is 5.06. The molecule has 0 aliphatic heterocycles.